The van der Waals surface area contributed by atoms with Crippen molar-refractivity contribution in [3.05, 3.63) is 82.7 Å². The molecule has 3 aromatic carbocycles. The molecule has 1 aliphatic carbocycles. The number of hydrogen-bond donors (Lipinski definition) is 0. The molecule has 0 atom stereocenters. The average Bonchev–Trinajstić information content (AvgIpc) is 2.83. The fourth-order valence-corrected chi connectivity index (χ4v) is 5.13. The maximum Gasteiger partial charge on any atom is 0.146 e. The highest BCUT2D eigenvalue weighted by molar-refractivity contribution is 5.85. The molecule has 1 heteroatoms. The maximum absolute atomic E-state index is 15.2. The van der Waals surface area contributed by atoms with Crippen LogP contribution in [0, 0.1) is 23.6 Å². The molecule has 32 heavy (non-hydrogen) atoms. The Balaban J connectivity index is 1.49. The van der Waals surface area contributed by atoms with E-state index in [4.69, 9.17) is 0 Å². The number of unbranched alkanes of at least 4 members (excludes halogenated alkanes) is 1. The number of halogens is 1. The van der Waals surface area contributed by atoms with Gasteiger partial charge in [0.25, 0.3) is 0 Å². The largest absolute Gasteiger partial charge is 0.205 e. The predicted molar refractivity (Wildman–Crippen MR) is 135 cm³/mol. The second-order valence-electron chi connectivity index (χ2n) is 9.46. The van der Waals surface area contributed by atoms with Crippen molar-refractivity contribution >= 4 is 10.8 Å². The summed E-state index contributed by atoms with van der Waals surface area (Å²) in [5.41, 5.74) is 4.11. The lowest BCUT2D eigenvalue weighted by Gasteiger charge is -2.28. The van der Waals surface area contributed by atoms with Crippen LogP contribution in [0.2, 0.25) is 0 Å². The van der Waals surface area contributed by atoms with Crippen LogP contribution in [-0.2, 0) is 6.42 Å². The number of fused-ring (bicyclic) bond motifs is 1. The molecule has 0 N–H and O–H groups in total. The van der Waals surface area contributed by atoms with Crippen molar-refractivity contribution in [1.29, 1.82) is 0 Å². The summed E-state index contributed by atoms with van der Waals surface area (Å²) in [6.45, 7) is 4.49. The van der Waals surface area contributed by atoms with Crippen LogP contribution in [0.5, 0.6) is 0 Å². The van der Waals surface area contributed by atoms with Crippen LogP contribution in [0.1, 0.15) is 93.4 Å². The zero-order valence-electron chi connectivity index (χ0n) is 19.6. The Kier molecular flexibility index (Phi) is 7.64. The van der Waals surface area contributed by atoms with E-state index in [1.807, 2.05) is 30.3 Å². The normalized spacial score (nSPS) is 18.3. The highest BCUT2D eigenvalue weighted by atomic mass is 19.1. The quantitative estimate of drug-likeness (QED) is 0.345. The molecule has 0 heterocycles. The van der Waals surface area contributed by atoms with Gasteiger partial charge in [-0.25, -0.2) is 4.39 Å². The first kappa shape index (κ1) is 22.6. The van der Waals surface area contributed by atoms with E-state index in [1.54, 1.807) is 0 Å². The molecule has 0 aromatic heterocycles. The SMILES string of the molecule is CCCCc1ccc(C#Cc2ccc3cc(C4CCC(CCC)CC4)ccc3c2F)cc1. The number of hydrogen-bond acceptors (Lipinski definition) is 0. The Morgan fingerprint density at radius 3 is 2.34 bits per heavy atom. The summed E-state index contributed by atoms with van der Waals surface area (Å²) < 4.78 is 15.2. The minimum atomic E-state index is -0.201. The van der Waals surface area contributed by atoms with Crippen molar-refractivity contribution in [2.24, 2.45) is 5.92 Å². The molecule has 0 spiro atoms. The topological polar surface area (TPSA) is 0 Å². The lowest BCUT2D eigenvalue weighted by atomic mass is 9.77. The molecule has 0 amide bonds. The predicted octanol–water partition coefficient (Wildman–Crippen LogP) is 8.80. The van der Waals surface area contributed by atoms with Crippen molar-refractivity contribution < 1.29 is 4.39 Å². The molecule has 1 aliphatic rings. The number of benzene rings is 3. The van der Waals surface area contributed by atoms with Gasteiger partial charge >= 0.3 is 0 Å². The van der Waals surface area contributed by atoms with Crippen LogP contribution in [0.3, 0.4) is 0 Å². The number of rotatable bonds is 6. The highest BCUT2D eigenvalue weighted by Gasteiger charge is 2.22. The van der Waals surface area contributed by atoms with Crippen LogP contribution in [0.15, 0.2) is 54.6 Å². The first-order valence-electron chi connectivity index (χ1n) is 12.5. The molecular formula is C31H35F. The third-order valence-corrected chi connectivity index (χ3v) is 7.11. The third-order valence-electron chi connectivity index (χ3n) is 7.11. The van der Waals surface area contributed by atoms with Gasteiger partial charge in [0.15, 0.2) is 0 Å². The van der Waals surface area contributed by atoms with Gasteiger partial charge in [-0.3, -0.25) is 0 Å². The van der Waals surface area contributed by atoms with Gasteiger partial charge in [-0.2, -0.15) is 0 Å². The van der Waals surface area contributed by atoms with Crippen LogP contribution in [0.25, 0.3) is 10.8 Å². The summed E-state index contributed by atoms with van der Waals surface area (Å²) in [5, 5.41) is 1.66. The molecular weight excluding hydrogens is 391 g/mol. The maximum atomic E-state index is 15.2. The van der Waals surface area contributed by atoms with Gasteiger partial charge in [0.1, 0.15) is 5.82 Å². The minimum absolute atomic E-state index is 0.201. The monoisotopic (exact) mass is 426 g/mol. The average molecular weight is 427 g/mol. The van der Waals surface area contributed by atoms with Gasteiger partial charge in [0.2, 0.25) is 0 Å². The summed E-state index contributed by atoms with van der Waals surface area (Å²) in [5.74, 6) is 7.52. The number of aryl methyl sites for hydroxylation is 1. The molecule has 1 fully saturated rings. The van der Waals surface area contributed by atoms with Gasteiger partial charge in [-0.1, -0.05) is 81.3 Å². The van der Waals surface area contributed by atoms with E-state index >= 15 is 4.39 Å². The lowest BCUT2D eigenvalue weighted by Crippen LogP contribution is -2.13. The summed E-state index contributed by atoms with van der Waals surface area (Å²) >= 11 is 0. The van der Waals surface area contributed by atoms with Crippen molar-refractivity contribution in [3.8, 4) is 11.8 Å². The summed E-state index contributed by atoms with van der Waals surface area (Å²) in [6, 6.07) is 18.5. The molecule has 0 radical (unpaired) electrons. The molecule has 3 aromatic rings. The van der Waals surface area contributed by atoms with Crippen LogP contribution in [-0.4, -0.2) is 0 Å². The molecule has 0 nitrogen and oxygen atoms in total. The van der Waals surface area contributed by atoms with Gasteiger partial charge < -0.3 is 0 Å². The van der Waals surface area contributed by atoms with E-state index in [0.717, 1.165) is 23.3 Å². The molecule has 0 saturated heterocycles. The fourth-order valence-electron chi connectivity index (χ4n) is 5.13. The first-order valence-corrected chi connectivity index (χ1v) is 12.5. The fraction of sp³-hybridized carbons (Fsp3) is 0.419. The standard InChI is InChI=1S/C31H35F/c1-3-5-7-24-8-10-25(11-9-24)14-17-27-18-19-29-22-28(20-21-30(29)31(27)32)26-15-12-23(6-4-2)13-16-26/h8-11,18-23,26H,3-7,12-13,15-16H2,1-2H3. The van der Waals surface area contributed by atoms with Crippen molar-refractivity contribution in [1.82, 2.24) is 0 Å². The summed E-state index contributed by atoms with van der Waals surface area (Å²) in [6.07, 6.45) is 11.4. The lowest BCUT2D eigenvalue weighted by molar-refractivity contribution is 0.308. The summed E-state index contributed by atoms with van der Waals surface area (Å²) in [7, 11) is 0. The van der Waals surface area contributed by atoms with Gasteiger partial charge in [0, 0.05) is 10.9 Å². The summed E-state index contributed by atoms with van der Waals surface area (Å²) in [4.78, 5) is 0. The van der Waals surface area contributed by atoms with E-state index in [-0.39, 0.29) is 5.82 Å². The van der Waals surface area contributed by atoms with Gasteiger partial charge in [-0.05, 0) is 85.1 Å². The Morgan fingerprint density at radius 1 is 0.844 bits per heavy atom. The van der Waals surface area contributed by atoms with Crippen LogP contribution in [0.4, 0.5) is 4.39 Å². The van der Waals surface area contributed by atoms with Gasteiger partial charge in [0.05, 0.1) is 5.56 Å². The molecule has 0 unspecified atom stereocenters. The van der Waals surface area contributed by atoms with E-state index < -0.39 is 0 Å². The van der Waals surface area contributed by atoms with Crippen LogP contribution >= 0.6 is 0 Å². The Hall–Kier alpha value is -2.59. The van der Waals surface area contributed by atoms with E-state index in [1.165, 1.54) is 62.5 Å². The Bertz CT molecular complexity index is 1090. The van der Waals surface area contributed by atoms with E-state index in [2.05, 4.69) is 50.0 Å². The van der Waals surface area contributed by atoms with Crippen molar-refractivity contribution in [2.75, 3.05) is 0 Å². The minimum Gasteiger partial charge on any atom is -0.205 e. The smallest absolute Gasteiger partial charge is 0.146 e. The first-order chi connectivity index (χ1) is 15.7. The highest BCUT2D eigenvalue weighted by Crippen LogP contribution is 2.38. The molecule has 4 rings (SSSR count). The van der Waals surface area contributed by atoms with E-state index in [0.29, 0.717) is 16.9 Å². The van der Waals surface area contributed by atoms with E-state index in [9.17, 15) is 0 Å². The second-order valence-corrected chi connectivity index (χ2v) is 9.46. The van der Waals surface area contributed by atoms with Crippen molar-refractivity contribution in [3.63, 3.8) is 0 Å². The third kappa shape index (κ3) is 5.42. The van der Waals surface area contributed by atoms with Gasteiger partial charge in [-0.15, -0.1) is 0 Å². The molecule has 1 saturated carbocycles. The molecule has 166 valence electrons. The zero-order chi connectivity index (χ0) is 22.3. The Labute approximate surface area is 193 Å². The van der Waals surface area contributed by atoms with Crippen molar-refractivity contribution in [2.45, 2.75) is 77.6 Å². The Morgan fingerprint density at radius 2 is 1.62 bits per heavy atom. The molecule has 0 bridgehead atoms. The second kappa shape index (κ2) is 10.8. The van der Waals surface area contributed by atoms with Crippen LogP contribution < -0.4 is 0 Å². The zero-order valence-corrected chi connectivity index (χ0v) is 19.6. The molecule has 0 aliphatic heterocycles.